The summed E-state index contributed by atoms with van der Waals surface area (Å²) in [6.07, 6.45) is 2.09. The van der Waals surface area contributed by atoms with Crippen LogP contribution in [0.1, 0.15) is 47.0 Å². The molecule has 4 heteroatoms. The van der Waals surface area contributed by atoms with Crippen LogP contribution in [0, 0.1) is 17.8 Å². The molecule has 1 aliphatic heterocycles. The van der Waals surface area contributed by atoms with Gasteiger partial charge in [-0.3, -0.25) is 4.79 Å². The molecular weight excluding hydrogens is 242 g/mol. The Balaban J connectivity index is 1.98. The summed E-state index contributed by atoms with van der Waals surface area (Å²) in [6, 6.07) is 0. The number of ether oxygens (including phenoxy) is 1. The van der Waals surface area contributed by atoms with Crippen molar-refractivity contribution in [3.63, 3.8) is 0 Å². The maximum absolute atomic E-state index is 12.1. The molecule has 0 aromatic heterocycles. The third-order valence-corrected chi connectivity index (χ3v) is 4.23. The number of hydrogen-bond donors (Lipinski definition) is 0. The van der Waals surface area contributed by atoms with E-state index < -0.39 is 5.60 Å². The third-order valence-electron chi connectivity index (χ3n) is 4.23. The zero-order chi connectivity index (χ0) is 14.2. The molecule has 2 unspecified atom stereocenters. The summed E-state index contributed by atoms with van der Waals surface area (Å²) in [6.45, 7) is 9.26. The molecule has 0 N–H and O–H groups in total. The van der Waals surface area contributed by atoms with Gasteiger partial charge in [-0.2, -0.15) is 0 Å². The number of likely N-dealkylation sites (tertiary alicyclic amines) is 1. The number of amides is 1. The Labute approximate surface area is 115 Å². The highest BCUT2D eigenvalue weighted by Crippen LogP contribution is 2.38. The van der Waals surface area contributed by atoms with E-state index in [-0.39, 0.29) is 6.09 Å². The fraction of sp³-hybridized carbons (Fsp3) is 0.867. The Kier molecular flexibility index (Phi) is 3.88. The van der Waals surface area contributed by atoms with Gasteiger partial charge in [0.1, 0.15) is 11.4 Å². The summed E-state index contributed by atoms with van der Waals surface area (Å²) in [4.78, 5) is 25.5. The van der Waals surface area contributed by atoms with E-state index in [0.717, 1.165) is 19.5 Å². The molecule has 0 aromatic rings. The first-order chi connectivity index (χ1) is 8.76. The van der Waals surface area contributed by atoms with Crippen molar-refractivity contribution in [1.29, 1.82) is 0 Å². The second-order valence-electron chi connectivity index (χ2n) is 7.06. The average Bonchev–Trinajstić information content (AvgIpc) is 2.25. The number of fused-ring (bicyclic) bond motifs is 1. The van der Waals surface area contributed by atoms with Crippen LogP contribution in [-0.4, -0.2) is 35.5 Å². The van der Waals surface area contributed by atoms with E-state index in [1.165, 1.54) is 0 Å². The molecule has 2 aliphatic rings. The summed E-state index contributed by atoms with van der Waals surface area (Å²) in [5.74, 6) is 1.70. The van der Waals surface area contributed by atoms with E-state index in [9.17, 15) is 9.59 Å². The summed E-state index contributed by atoms with van der Waals surface area (Å²) >= 11 is 0. The fourth-order valence-corrected chi connectivity index (χ4v) is 3.31. The van der Waals surface area contributed by atoms with Crippen molar-refractivity contribution in [2.24, 2.45) is 17.8 Å². The van der Waals surface area contributed by atoms with Crippen molar-refractivity contribution in [2.45, 2.75) is 52.6 Å². The first-order valence-electron chi connectivity index (χ1n) is 7.26. The molecule has 19 heavy (non-hydrogen) atoms. The van der Waals surface area contributed by atoms with E-state index in [1.54, 1.807) is 0 Å². The molecule has 0 radical (unpaired) electrons. The highest BCUT2D eigenvalue weighted by atomic mass is 16.6. The maximum Gasteiger partial charge on any atom is 0.410 e. The lowest BCUT2D eigenvalue weighted by Gasteiger charge is -2.43. The molecule has 1 aliphatic carbocycles. The second-order valence-corrected chi connectivity index (χ2v) is 7.06. The predicted octanol–water partition coefficient (Wildman–Crippen LogP) is 2.86. The molecule has 0 bridgehead atoms. The highest BCUT2D eigenvalue weighted by Gasteiger charge is 2.40. The molecule has 4 nitrogen and oxygen atoms in total. The first-order valence-corrected chi connectivity index (χ1v) is 7.26. The van der Waals surface area contributed by atoms with Gasteiger partial charge in [0.15, 0.2) is 0 Å². The lowest BCUT2D eigenvalue weighted by atomic mass is 9.69. The molecule has 0 spiro atoms. The molecule has 2 rings (SSSR count). The van der Waals surface area contributed by atoms with Crippen molar-refractivity contribution in [3.8, 4) is 0 Å². The summed E-state index contributed by atoms with van der Waals surface area (Å²) in [5, 5.41) is 0. The van der Waals surface area contributed by atoms with Crippen LogP contribution in [0.2, 0.25) is 0 Å². The van der Waals surface area contributed by atoms with Gasteiger partial charge in [-0.25, -0.2) is 4.79 Å². The number of rotatable bonds is 0. The standard InChI is InChI=1S/C15H25NO3/c1-10-7-12(17)8-11-5-6-16(9-13(10)11)14(18)19-15(2,3)4/h10-11,13H,5-9H2,1-4H3/t10-,11?,13?/m0/s1. The van der Waals surface area contributed by atoms with E-state index in [2.05, 4.69) is 6.92 Å². The van der Waals surface area contributed by atoms with Gasteiger partial charge in [0.05, 0.1) is 0 Å². The van der Waals surface area contributed by atoms with Crippen LogP contribution in [0.15, 0.2) is 0 Å². The van der Waals surface area contributed by atoms with Gasteiger partial charge >= 0.3 is 6.09 Å². The topological polar surface area (TPSA) is 46.6 Å². The van der Waals surface area contributed by atoms with Crippen LogP contribution < -0.4 is 0 Å². The number of Topliss-reactive ketones (excluding diaryl/α,β-unsaturated/α-hetero) is 1. The minimum Gasteiger partial charge on any atom is -0.444 e. The Hall–Kier alpha value is -1.06. The second kappa shape index (κ2) is 5.14. The normalized spacial score (nSPS) is 31.9. The van der Waals surface area contributed by atoms with Gasteiger partial charge in [-0.1, -0.05) is 6.92 Å². The van der Waals surface area contributed by atoms with Gasteiger partial charge in [0.2, 0.25) is 0 Å². The Morgan fingerprint density at radius 2 is 2.00 bits per heavy atom. The van der Waals surface area contributed by atoms with Crippen molar-refractivity contribution >= 4 is 11.9 Å². The SMILES string of the molecule is C[C@H]1CC(=O)CC2CCN(C(=O)OC(C)(C)C)CC21. The van der Waals surface area contributed by atoms with Crippen LogP contribution in [0.3, 0.4) is 0 Å². The van der Waals surface area contributed by atoms with Crippen LogP contribution in [0.4, 0.5) is 4.79 Å². The summed E-state index contributed by atoms with van der Waals surface area (Å²) in [7, 11) is 0. The predicted molar refractivity (Wildman–Crippen MR) is 72.8 cm³/mol. The first kappa shape index (κ1) is 14.4. The van der Waals surface area contributed by atoms with Gasteiger partial charge in [-0.05, 0) is 44.9 Å². The zero-order valence-corrected chi connectivity index (χ0v) is 12.4. The van der Waals surface area contributed by atoms with Crippen LogP contribution in [0.5, 0.6) is 0 Å². The quantitative estimate of drug-likeness (QED) is 0.678. The molecule has 2 fully saturated rings. The van der Waals surface area contributed by atoms with Gasteiger partial charge < -0.3 is 9.64 Å². The summed E-state index contributed by atoms with van der Waals surface area (Å²) < 4.78 is 5.43. The number of nitrogens with zero attached hydrogens (tertiary/aromatic N) is 1. The minimum absolute atomic E-state index is 0.213. The largest absolute Gasteiger partial charge is 0.444 e. The zero-order valence-electron chi connectivity index (χ0n) is 12.4. The van der Waals surface area contributed by atoms with Crippen LogP contribution in [-0.2, 0) is 9.53 Å². The van der Waals surface area contributed by atoms with E-state index in [4.69, 9.17) is 4.74 Å². The van der Waals surface area contributed by atoms with Gasteiger partial charge in [-0.15, -0.1) is 0 Å². The van der Waals surface area contributed by atoms with Crippen molar-refractivity contribution in [3.05, 3.63) is 0 Å². The number of carbonyl (C=O) groups excluding carboxylic acids is 2. The highest BCUT2D eigenvalue weighted by molar-refractivity contribution is 5.80. The van der Waals surface area contributed by atoms with E-state index in [1.807, 2.05) is 25.7 Å². The third kappa shape index (κ3) is 3.48. The smallest absolute Gasteiger partial charge is 0.410 e. The average molecular weight is 267 g/mol. The number of carbonyl (C=O) groups is 2. The molecule has 0 aromatic carbocycles. The lowest BCUT2D eigenvalue weighted by molar-refractivity contribution is -0.125. The fourth-order valence-electron chi connectivity index (χ4n) is 3.31. The maximum atomic E-state index is 12.1. The van der Waals surface area contributed by atoms with Crippen molar-refractivity contribution in [1.82, 2.24) is 4.90 Å². The van der Waals surface area contributed by atoms with Crippen molar-refractivity contribution in [2.75, 3.05) is 13.1 Å². The Morgan fingerprint density at radius 1 is 1.32 bits per heavy atom. The molecule has 1 saturated carbocycles. The molecule has 1 saturated heterocycles. The van der Waals surface area contributed by atoms with Crippen LogP contribution >= 0.6 is 0 Å². The Bertz CT molecular complexity index is 372. The monoisotopic (exact) mass is 267 g/mol. The Morgan fingerprint density at radius 3 is 2.63 bits per heavy atom. The molecule has 108 valence electrons. The number of hydrogen-bond acceptors (Lipinski definition) is 3. The molecule has 3 atom stereocenters. The van der Waals surface area contributed by atoms with Gasteiger partial charge in [0, 0.05) is 25.9 Å². The van der Waals surface area contributed by atoms with E-state index in [0.29, 0.717) is 36.4 Å². The van der Waals surface area contributed by atoms with Crippen LogP contribution in [0.25, 0.3) is 0 Å². The minimum atomic E-state index is -0.442. The summed E-state index contributed by atoms with van der Waals surface area (Å²) in [5.41, 5.74) is -0.442. The number of piperidine rings is 1. The van der Waals surface area contributed by atoms with Gasteiger partial charge in [0.25, 0.3) is 0 Å². The van der Waals surface area contributed by atoms with E-state index >= 15 is 0 Å². The molecule has 1 heterocycles. The lowest BCUT2D eigenvalue weighted by Crippen LogP contribution is -2.49. The number of ketones is 1. The molecular formula is C15H25NO3. The van der Waals surface area contributed by atoms with Crippen molar-refractivity contribution < 1.29 is 14.3 Å². The molecule has 1 amide bonds.